The number of fused-ring (bicyclic) bond motifs is 1. The van der Waals surface area contributed by atoms with Gasteiger partial charge in [-0.2, -0.15) is 0 Å². The predicted octanol–water partition coefficient (Wildman–Crippen LogP) is 1.07. The molecule has 2 aromatic rings. The zero-order chi connectivity index (χ0) is 11.9. The van der Waals surface area contributed by atoms with Crippen molar-refractivity contribution in [2.45, 2.75) is 0 Å². The highest BCUT2D eigenvalue weighted by molar-refractivity contribution is 6.33. The second-order valence-electron chi connectivity index (χ2n) is 3.03. The van der Waals surface area contributed by atoms with Gasteiger partial charge in [0.15, 0.2) is 5.82 Å². The molecule has 16 heavy (non-hydrogen) atoms. The lowest BCUT2D eigenvalue weighted by atomic mass is 10.2. The van der Waals surface area contributed by atoms with E-state index in [1.165, 1.54) is 6.07 Å². The van der Waals surface area contributed by atoms with Gasteiger partial charge in [-0.05, 0) is 6.07 Å². The third-order valence-corrected chi connectivity index (χ3v) is 2.29. The van der Waals surface area contributed by atoms with Crippen LogP contribution in [-0.2, 0) is 0 Å². The normalized spacial score (nSPS) is 10.6. The van der Waals surface area contributed by atoms with E-state index in [4.69, 9.17) is 17.3 Å². The van der Waals surface area contributed by atoms with Gasteiger partial charge in [0.1, 0.15) is 5.02 Å². The summed E-state index contributed by atoms with van der Waals surface area (Å²) in [7, 11) is 0. The molecule has 1 heterocycles. The number of hydrogen-bond donors (Lipinski definition) is 2. The van der Waals surface area contributed by atoms with Crippen LogP contribution in [0.4, 0.5) is 11.5 Å². The molecule has 1 aromatic carbocycles. The highest BCUT2D eigenvalue weighted by atomic mass is 35.5. The number of rotatable bonds is 1. The molecule has 2 rings (SSSR count). The number of aromatic amines is 1. The molecule has 1 aromatic heterocycles. The molecule has 0 saturated heterocycles. The van der Waals surface area contributed by atoms with E-state index >= 15 is 0 Å². The molecule has 7 nitrogen and oxygen atoms in total. The number of aromatic nitrogens is 2. The molecule has 0 aliphatic heterocycles. The van der Waals surface area contributed by atoms with Crippen LogP contribution >= 0.6 is 11.6 Å². The van der Waals surface area contributed by atoms with Gasteiger partial charge in [-0.15, -0.1) is 0 Å². The molecule has 0 radical (unpaired) electrons. The maximum Gasteiger partial charge on any atom is 0.290 e. The summed E-state index contributed by atoms with van der Waals surface area (Å²) >= 11 is 5.67. The number of nitro groups is 1. The van der Waals surface area contributed by atoms with Gasteiger partial charge in [0.05, 0.1) is 16.0 Å². The standard InChI is InChI=1S/C8H5ClN4O3/c9-3-1-4-5(2-6(3)13(15)16)11-7(10)8(14)12-4/h1-2H,(H2,10,11)(H,12,14). The van der Waals surface area contributed by atoms with Crippen molar-refractivity contribution in [2.75, 3.05) is 5.73 Å². The first-order valence-corrected chi connectivity index (χ1v) is 4.50. The summed E-state index contributed by atoms with van der Waals surface area (Å²) in [5, 5.41) is 10.5. The molecule has 0 spiro atoms. The minimum atomic E-state index is -0.634. The van der Waals surface area contributed by atoms with Crippen molar-refractivity contribution in [3.63, 3.8) is 0 Å². The number of nitro benzene ring substituents is 1. The van der Waals surface area contributed by atoms with Crippen molar-refractivity contribution in [3.05, 3.63) is 37.6 Å². The minimum Gasteiger partial charge on any atom is -0.379 e. The summed E-state index contributed by atoms with van der Waals surface area (Å²) in [5.41, 5.74) is 4.97. The molecule has 82 valence electrons. The number of halogens is 1. The molecule has 3 N–H and O–H groups in total. The molecule has 0 atom stereocenters. The van der Waals surface area contributed by atoms with E-state index in [0.29, 0.717) is 5.52 Å². The van der Waals surface area contributed by atoms with Gasteiger partial charge in [-0.1, -0.05) is 11.6 Å². The number of nitrogens with one attached hydrogen (secondary N) is 1. The Labute approximate surface area is 93.0 Å². The molecule has 0 unspecified atom stereocenters. The summed E-state index contributed by atoms with van der Waals surface area (Å²) < 4.78 is 0. The van der Waals surface area contributed by atoms with Gasteiger partial charge in [-0.25, -0.2) is 4.98 Å². The molecular formula is C8H5ClN4O3. The lowest BCUT2D eigenvalue weighted by Gasteiger charge is -2.00. The number of nitrogens with two attached hydrogens (primary N) is 1. The first-order chi connectivity index (χ1) is 7.49. The SMILES string of the molecule is Nc1nc2cc([N+](=O)[O-])c(Cl)cc2[nH]c1=O. The Bertz CT molecular complexity index is 652. The Hall–Kier alpha value is -2.15. The summed E-state index contributed by atoms with van der Waals surface area (Å²) in [5.74, 6) is -0.246. The van der Waals surface area contributed by atoms with E-state index in [1.807, 2.05) is 0 Å². The Morgan fingerprint density at radius 1 is 1.50 bits per heavy atom. The summed E-state index contributed by atoms with van der Waals surface area (Å²) in [6.45, 7) is 0. The van der Waals surface area contributed by atoms with Gasteiger partial charge in [0, 0.05) is 6.07 Å². The molecule has 0 fully saturated rings. The fraction of sp³-hybridized carbons (Fsp3) is 0. The maximum absolute atomic E-state index is 11.1. The Morgan fingerprint density at radius 2 is 2.19 bits per heavy atom. The number of hydrogen-bond acceptors (Lipinski definition) is 5. The van der Waals surface area contributed by atoms with Crippen LogP contribution in [0.3, 0.4) is 0 Å². The first-order valence-electron chi connectivity index (χ1n) is 4.12. The molecule has 0 aliphatic rings. The van der Waals surface area contributed by atoms with Crippen LogP contribution in [0.25, 0.3) is 11.0 Å². The van der Waals surface area contributed by atoms with E-state index in [2.05, 4.69) is 9.97 Å². The van der Waals surface area contributed by atoms with E-state index in [-0.39, 0.29) is 22.0 Å². The fourth-order valence-electron chi connectivity index (χ4n) is 1.25. The van der Waals surface area contributed by atoms with Gasteiger partial charge in [0.25, 0.3) is 11.2 Å². The highest BCUT2D eigenvalue weighted by Gasteiger charge is 2.14. The lowest BCUT2D eigenvalue weighted by molar-refractivity contribution is -0.384. The lowest BCUT2D eigenvalue weighted by Crippen LogP contribution is -2.13. The maximum atomic E-state index is 11.1. The molecule has 0 amide bonds. The van der Waals surface area contributed by atoms with E-state index < -0.39 is 10.5 Å². The van der Waals surface area contributed by atoms with Crippen molar-refractivity contribution in [1.82, 2.24) is 9.97 Å². The summed E-state index contributed by atoms with van der Waals surface area (Å²) in [4.78, 5) is 27.3. The zero-order valence-corrected chi connectivity index (χ0v) is 8.49. The van der Waals surface area contributed by atoms with E-state index in [0.717, 1.165) is 6.07 Å². The monoisotopic (exact) mass is 240 g/mol. The van der Waals surface area contributed by atoms with Crippen molar-refractivity contribution in [2.24, 2.45) is 0 Å². The van der Waals surface area contributed by atoms with Crippen LogP contribution in [0, 0.1) is 10.1 Å². The van der Waals surface area contributed by atoms with Crippen LogP contribution in [-0.4, -0.2) is 14.9 Å². The Kier molecular flexibility index (Phi) is 2.24. The molecule has 0 bridgehead atoms. The number of benzene rings is 1. The average molecular weight is 241 g/mol. The minimum absolute atomic E-state index is 0.0697. The third kappa shape index (κ3) is 1.57. The zero-order valence-electron chi connectivity index (χ0n) is 7.73. The fourth-order valence-corrected chi connectivity index (χ4v) is 1.48. The number of nitrogens with zero attached hydrogens (tertiary/aromatic N) is 2. The molecule has 8 heteroatoms. The van der Waals surface area contributed by atoms with Gasteiger partial charge < -0.3 is 10.7 Å². The largest absolute Gasteiger partial charge is 0.379 e. The molecular weight excluding hydrogens is 236 g/mol. The Balaban J connectivity index is 2.85. The van der Waals surface area contributed by atoms with Crippen LogP contribution in [0.15, 0.2) is 16.9 Å². The van der Waals surface area contributed by atoms with Crippen molar-refractivity contribution >= 4 is 34.1 Å². The predicted molar refractivity (Wildman–Crippen MR) is 58.4 cm³/mol. The smallest absolute Gasteiger partial charge is 0.290 e. The molecule has 0 saturated carbocycles. The van der Waals surface area contributed by atoms with Crippen LogP contribution in [0.2, 0.25) is 5.02 Å². The quantitative estimate of drug-likeness (QED) is 0.571. The average Bonchev–Trinajstić information content (AvgIpc) is 2.19. The number of anilines is 1. The summed E-state index contributed by atoms with van der Waals surface area (Å²) in [6, 6.07) is 2.42. The second-order valence-corrected chi connectivity index (χ2v) is 3.44. The first kappa shape index (κ1) is 10.4. The second kappa shape index (κ2) is 3.46. The Morgan fingerprint density at radius 3 is 2.81 bits per heavy atom. The number of H-pyrrole nitrogens is 1. The third-order valence-electron chi connectivity index (χ3n) is 1.98. The topological polar surface area (TPSA) is 115 Å². The molecule has 0 aliphatic carbocycles. The van der Waals surface area contributed by atoms with Gasteiger partial charge in [-0.3, -0.25) is 14.9 Å². The number of nitrogen functional groups attached to an aromatic ring is 1. The van der Waals surface area contributed by atoms with Crippen molar-refractivity contribution in [1.29, 1.82) is 0 Å². The van der Waals surface area contributed by atoms with Crippen LogP contribution in [0.5, 0.6) is 0 Å². The highest BCUT2D eigenvalue weighted by Crippen LogP contribution is 2.27. The van der Waals surface area contributed by atoms with E-state index in [9.17, 15) is 14.9 Å². The van der Waals surface area contributed by atoms with Crippen molar-refractivity contribution < 1.29 is 4.92 Å². The van der Waals surface area contributed by atoms with Crippen LogP contribution in [0.1, 0.15) is 0 Å². The van der Waals surface area contributed by atoms with E-state index in [1.54, 1.807) is 0 Å². The van der Waals surface area contributed by atoms with Gasteiger partial charge >= 0.3 is 0 Å². The van der Waals surface area contributed by atoms with Crippen LogP contribution < -0.4 is 11.3 Å². The van der Waals surface area contributed by atoms with Crippen molar-refractivity contribution in [3.8, 4) is 0 Å². The summed E-state index contributed by atoms with van der Waals surface area (Å²) in [6.07, 6.45) is 0. The van der Waals surface area contributed by atoms with Gasteiger partial charge in [0.2, 0.25) is 0 Å².